The molecule has 0 bridgehead atoms. The summed E-state index contributed by atoms with van der Waals surface area (Å²) in [5, 5.41) is 12.4. The Kier molecular flexibility index (Phi) is 3.92. The molecule has 3 aromatic carbocycles. The lowest BCUT2D eigenvalue weighted by Crippen LogP contribution is -2.34. The second kappa shape index (κ2) is 6.49. The van der Waals surface area contributed by atoms with Crippen molar-refractivity contribution in [3.05, 3.63) is 71.8 Å². The Morgan fingerprint density at radius 3 is 2.07 bits per heavy atom. The van der Waals surface area contributed by atoms with Gasteiger partial charge in [0.05, 0.1) is 22.7 Å². The molecular weight excluding hydrogens is 362 g/mol. The zero-order valence-corrected chi connectivity index (χ0v) is 16.5. The maximum absolute atomic E-state index is 6.48. The monoisotopic (exact) mass is 387 g/mol. The molecule has 148 valence electrons. The van der Waals surface area contributed by atoms with Gasteiger partial charge >= 0.3 is 0 Å². The number of nitrogens with one attached hydrogen (secondary N) is 3. The molecule has 0 aromatic heterocycles. The van der Waals surface area contributed by atoms with E-state index in [-0.39, 0.29) is 12.3 Å². The average Bonchev–Trinajstić information content (AvgIpc) is 3.27. The van der Waals surface area contributed by atoms with Gasteiger partial charge < -0.3 is 26.6 Å². The lowest BCUT2D eigenvalue weighted by atomic mass is 10.1. The predicted molar refractivity (Wildman–Crippen MR) is 121 cm³/mol. The zero-order chi connectivity index (χ0) is 20.1. The van der Waals surface area contributed by atoms with Gasteiger partial charge in [0, 0.05) is 25.5 Å². The Bertz CT molecular complexity index is 1040. The van der Waals surface area contributed by atoms with Crippen LogP contribution in [0, 0.1) is 0 Å². The van der Waals surface area contributed by atoms with Crippen LogP contribution in [0.5, 0.6) is 0 Å². The van der Waals surface area contributed by atoms with Crippen LogP contribution in [0.3, 0.4) is 0 Å². The molecule has 3 aromatic rings. The van der Waals surface area contributed by atoms with Gasteiger partial charge in [0.15, 0.2) is 0 Å². The lowest BCUT2D eigenvalue weighted by Gasteiger charge is -2.22. The summed E-state index contributed by atoms with van der Waals surface area (Å²) in [5.74, 6) is 6.48. The van der Waals surface area contributed by atoms with Gasteiger partial charge in [0.1, 0.15) is 12.3 Å². The number of hydrazine groups is 1. The van der Waals surface area contributed by atoms with Gasteiger partial charge in [-0.05, 0) is 47.5 Å². The zero-order valence-electron chi connectivity index (χ0n) is 16.5. The van der Waals surface area contributed by atoms with Gasteiger partial charge in [0.25, 0.3) is 0 Å². The molecule has 2 atom stereocenters. The lowest BCUT2D eigenvalue weighted by molar-refractivity contribution is 0.745. The van der Waals surface area contributed by atoms with Crippen molar-refractivity contribution >= 4 is 34.1 Å². The van der Waals surface area contributed by atoms with E-state index in [2.05, 4.69) is 57.2 Å². The highest BCUT2D eigenvalue weighted by molar-refractivity contribution is 5.89. The molecule has 0 spiro atoms. The molecule has 0 saturated carbocycles. The van der Waals surface area contributed by atoms with E-state index >= 15 is 0 Å². The van der Waals surface area contributed by atoms with Crippen LogP contribution in [0.2, 0.25) is 0 Å². The van der Waals surface area contributed by atoms with Crippen molar-refractivity contribution in [2.45, 2.75) is 12.3 Å². The van der Waals surface area contributed by atoms with Crippen LogP contribution in [0.15, 0.2) is 60.7 Å². The summed E-state index contributed by atoms with van der Waals surface area (Å²) in [4.78, 5) is 2.08. The number of fused-ring (bicyclic) bond motifs is 2. The van der Waals surface area contributed by atoms with Gasteiger partial charge in [-0.2, -0.15) is 0 Å². The van der Waals surface area contributed by atoms with Crippen molar-refractivity contribution in [3.63, 3.8) is 0 Å². The first kappa shape index (κ1) is 17.5. The third-order valence-electron chi connectivity index (χ3n) is 5.58. The van der Waals surface area contributed by atoms with Gasteiger partial charge in [0.2, 0.25) is 0 Å². The van der Waals surface area contributed by atoms with Crippen LogP contribution < -0.4 is 37.4 Å². The van der Waals surface area contributed by atoms with Crippen molar-refractivity contribution < 1.29 is 0 Å². The van der Waals surface area contributed by atoms with Crippen molar-refractivity contribution in [2.75, 3.05) is 45.7 Å². The largest absolute Gasteiger partial charge is 0.399 e. The molecule has 2 aliphatic rings. The van der Waals surface area contributed by atoms with Crippen molar-refractivity contribution in [2.24, 2.45) is 5.84 Å². The summed E-state index contributed by atoms with van der Waals surface area (Å²) in [6.07, 6.45) is -0.0923. The van der Waals surface area contributed by atoms with Crippen molar-refractivity contribution in [1.29, 1.82) is 0 Å². The first-order valence-corrected chi connectivity index (χ1v) is 9.64. The molecule has 7 N–H and O–H groups in total. The third kappa shape index (κ3) is 2.96. The first-order chi connectivity index (χ1) is 14.0. The van der Waals surface area contributed by atoms with E-state index in [1.54, 1.807) is 5.01 Å². The van der Waals surface area contributed by atoms with E-state index < -0.39 is 0 Å². The predicted octanol–water partition coefficient (Wildman–Crippen LogP) is 3.68. The minimum absolute atomic E-state index is 0.00808. The maximum Gasteiger partial charge on any atom is 0.140 e. The minimum Gasteiger partial charge on any atom is -0.399 e. The molecule has 7 heteroatoms. The van der Waals surface area contributed by atoms with Gasteiger partial charge in [-0.25, -0.2) is 5.84 Å². The van der Waals surface area contributed by atoms with Gasteiger partial charge in [-0.3, -0.25) is 5.01 Å². The number of anilines is 6. The van der Waals surface area contributed by atoms with Crippen LogP contribution in [0.25, 0.3) is 0 Å². The fraction of sp³-hybridized carbons (Fsp3) is 0.182. The third-order valence-corrected chi connectivity index (χ3v) is 5.58. The summed E-state index contributed by atoms with van der Waals surface area (Å²) < 4.78 is 0. The Balaban J connectivity index is 1.38. The number of nitrogens with zero attached hydrogens (tertiary/aromatic N) is 2. The molecule has 2 aliphatic heterocycles. The Morgan fingerprint density at radius 1 is 0.793 bits per heavy atom. The van der Waals surface area contributed by atoms with Gasteiger partial charge in [-0.15, -0.1) is 0 Å². The summed E-state index contributed by atoms with van der Waals surface area (Å²) >= 11 is 0. The van der Waals surface area contributed by atoms with E-state index in [1.165, 1.54) is 0 Å². The SMILES string of the molecule is CN(C)c1ccc(C2Nc3cc4c(cc3N2N)NC(c2ccc(N)cc2)N4)cc1. The maximum atomic E-state index is 6.48. The van der Waals surface area contributed by atoms with Crippen LogP contribution in [0.4, 0.5) is 34.1 Å². The van der Waals surface area contributed by atoms with Gasteiger partial charge in [-0.1, -0.05) is 24.3 Å². The molecule has 0 radical (unpaired) electrons. The number of hydrogen-bond donors (Lipinski definition) is 5. The van der Waals surface area contributed by atoms with E-state index in [1.807, 2.05) is 38.4 Å². The van der Waals surface area contributed by atoms with E-state index in [0.717, 1.165) is 45.3 Å². The quantitative estimate of drug-likeness (QED) is 0.346. The van der Waals surface area contributed by atoms with Crippen LogP contribution in [-0.4, -0.2) is 14.1 Å². The number of benzene rings is 3. The topological polar surface area (TPSA) is 94.6 Å². The van der Waals surface area contributed by atoms with E-state index in [9.17, 15) is 0 Å². The summed E-state index contributed by atoms with van der Waals surface area (Å²) in [7, 11) is 4.07. The van der Waals surface area contributed by atoms with Crippen LogP contribution in [0.1, 0.15) is 23.5 Å². The Morgan fingerprint density at radius 2 is 1.41 bits per heavy atom. The highest BCUT2D eigenvalue weighted by atomic mass is 15.5. The van der Waals surface area contributed by atoms with Crippen LogP contribution in [-0.2, 0) is 0 Å². The molecule has 7 nitrogen and oxygen atoms in total. The summed E-state index contributed by atoms with van der Waals surface area (Å²) in [6, 6.07) is 20.5. The molecule has 2 unspecified atom stereocenters. The molecule has 0 fully saturated rings. The standard InChI is InChI=1S/C22H25N7/c1-28(2)16-9-5-14(6-10-16)22-27-19-11-17-18(12-20(19)29(22)24)26-21(25-17)13-3-7-15(23)8-4-13/h3-12,21-22,25-27H,23-24H2,1-2H3. The second-order valence-corrected chi connectivity index (χ2v) is 7.74. The normalized spacial score (nSPS) is 19.1. The number of nitrogen functional groups attached to an aromatic ring is 1. The molecule has 0 aliphatic carbocycles. The summed E-state index contributed by atoms with van der Waals surface area (Å²) in [5.41, 5.74) is 14.0. The highest BCUT2D eigenvalue weighted by Gasteiger charge is 2.31. The Labute approximate surface area is 170 Å². The first-order valence-electron chi connectivity index (χ1n) is 9.64. The second-order valence-electron chi connectivity index (χ2n) is 7.74. The minimum atomic E-state index is -0.100. The molecule has 29 heavy (non-hydrogen) atoms. The fourth-order valence-electron chi connectivity index (χ4n) is 3.91. The molecule has 0 saturated heterocycles. The fourth-order valence-corrected chi connectivity index (χ4v) is 3.91. The highest BCUT2D eigenvalue weighted by Crippen LogP contribution is 2.47. The number of hydrogen-bond acceptors (Lipinski definition) is 7. The van der Waals surface area contributed by atoms with Crippen molar-refractivity contribution in [1.82, 2.24) is 0 Å². The molecule has 2 heterocycles. The number of rotatable bonds is 3. The smallest absolute Gasteiger partial charge is 0.140 e. The van der Waals surface area contributed by atoms with E-state index in [4.69, 9.17) is 11.6 Å². The van der Waals surface area contributed by atoms with Crippen molar-refractivity contribution in [3.8, 4) is 0 Å². The molecule has 5 rings (SSSR count). The summed E-state index contributed by atoms with van der Waals surface area (Å²) in [6.45, 7) is 0. The average molecular weight is 387 g/mol. The Hall–Kier alpha value is -3.58. The molecular formula is C22H25N7. The number of nitrogens with two attached hydrogens (primary N) is 2. The molecule has 0 amide bonds. The van der Waals surface area contributed by atoms with E-state index in [0.29, 0.717) is 0 Å². The van der Waals surface area contributed by atoms with Crippen LogP contribution >= 0.6 is 0 Å².